The zero-order chi connectivity index (χ0) is 19.5. The number of aryl methyl sites for hydroxylation is 1. The average Bonchev–Trinajstić information content (AvgIpc) is 3.29. The van der Waals surface area contributed by atoms with Crippen molar-refractivity contribution in [3.05, 3.63) is 76.9 Å². The van der Waals surface area contributed by atoms with Crippen LogP contribution in [0.1, 0.15) is 22.9 Å². The molecular weight excluding hydrogens is 372 g/mol. The Morgan fingerprint density at radius 2 is 1.89 bits per heavy atom. The molecule has 2 aromatic carbocycles. The summed E-state index contributed by atoms with van der Waals surface area (Å²) in [7, 11) is 0. The maximum atomic E-state index is 11.3. The number of hydrogen-bond donors (Lipinski definition) is 0. The normalized spacial score (nSPS) is 10.9. The molecule has 5 nitrogen and oxygen atoms in total. The highest BCUT2D eigenvalue weighted by Crippen LogP contribution is 2.35. The SMILES string of the molecule is CC(=O)OCc1sc(-n2cnc3ccccc32)cc1OCc1ccccc1C. The van der Waals surface area contributed by atoms with Crippen molar-refractivity contribution < 1.29 is 14.3 Å². The van der Waals surface area contributed by atoms with Gasteiger partial charge in [0, 0.05) is 13.0 Å². The van der Waals surface area contributed by atoms with Crippen LogP contribution in [0.5, 0.6) is 5.75 Å². The van der Waals surface area contributed by atoms with Gasteiger partial charge in [-0.3, -0.25) is 9.36 Å². The van der Waals surface area contributed by atoms with E-state index < -0.39 is 0 Å². The number of aromatic nitrogens is 2. The number of ether oxygens (including phenoxy) is 2. The molecule has 0 aliphatic carbocycles. The Morgan fingerprint density at radius 3 is 2.71 bits per heavy atom. The number of fused-ring (bicyclic) bond motifs is 1. The van der Waals surface area contributed by atoms with E-state index in [9.17, 15) is 4.79 Å². The second-order valence-electron chi connectivity index (χ2n) is 6.47. The highest BCUT2D eigenvalue weighted by Gasteiger charge is 2.15. The average molecular weight is 392 g/mol. The summed E-state index contributed by atoms with van der Waals surface area (Å²) in [6.45, 7) is 4.12. The molecule has 4 rings (SSSR count). The number of rotatable bonds is 6. The molecule has 0 radical (unpaired) electrons. The molecule has 0 N–H and O–H groups in total. The summed E-state index contributed by atoms with van der Waals surface area (Å²) in [4.78, 5) is 16.6. The fraction of sp³-hybridized carbons (Fsp3) is 0.182. The van der Waals surface area contributed by atoms with E-state index in [2.05, 4.69) is 24.0 Å². The van der Waals surface area contributed by atoms with Crippen molar-refractivity contribution in [2.45, 2.75) is 27.1 Å². The van der Waals surface area contributed by atoms with Gasteiger partial charge in [0.1, 0.15) is 30.3 Å². The number of thiophene rings is 1. The Morgan fingerprint density at radius 1 is 1.11 bits per heavy atom. The van der Waals surface area contributed by atoms with Gasteiger partial charge in [0.25, 0.3) is 0 Å². The zero-order valence-electron chi connectivity index (χ0n) is 15.7. The van der Waals surface area contributed by atoms with Gasteiger partial charge in [0.05, 0.1) is 15.9 Å². The summed E-state index contributed by atoms with van der Waals surface area (Å²) in [6, 6.07) is 18.1. The van der Waals surface area contributed by atoms with Crippen LogP contribution in [0, 0.1) is 6.92 Å². The maximum absolute atomic E-state index is 11.3. The standard InChI is InChI=1S/C22H20N2O3S/c1-15-7-3-4-8-17(15)12-27-20-11-22(28-21(20)13-26-16(2)25)24-14-23-18-9-5-6-10-19(18)24/h3-11,14H,12-13H2,1-2H3. The minimum atomic E-state index is -0.312. The second kappa shape index (κ2) is 7.86. The fourth-order valence-electron chi connectivity index (χ4n) is 2.97. The molecule has 28 heavy (non-hydrogen) atoms. The van der Waals surface area contributed by atoms with Crippen LogP contribution in [0.25, 0.3) is 16.0 Å². The summed E-state index contributed by atoms with van der Waals surface area (Å²) in [5.41, 5.74) is 4.26. The first-order valence-electron chi connectivity index (χ1n) is 8.97. The monoisotopic (exact) mass is 392 g/mol. The van der Waals surface area contributed by atoms with Crippen LogP contribution in [-0.4, -0.2) is 15.5 Å². The molecule has 0 fully saturated rings. The van der Waals surface area contributed by atoms with E-state index in [4.69, 9.17) is 9.47 Å². The lowest BCUT2D eigenvalue weighted by Crippen LogP contribution is -2.01. The van der Waals surface area contributed by atoms with E-state index >= 15 is 0 Å². The van der Waals surface area contributed by atoms with Crippen LogP contribution in [-0.2, 0) is 22.7 Å². The van der Waals surface area contributed by atoms with Gasteiger partial charge in [-0.1, -0.05) is 36.4 Å². The molecule has 2 aromatic heterocycles. The number of benzene rings is 2. The summed E-state index contributed by atoms with van der Waals surface area (Å²) in [5, 5.41) is 0.968. The lowest BCUT2D eigenvalue weighted by molar-refractivity contribution is -0.142. The van der Waals surface area contributed by atoms with E-state index in [0.717, 1.165) is 32.2 Å². The van der Waals surface area contributed by atoms with Gasteiger partial charge in [0.2, 0.25) is 0 Å². The molecule has 6 heteroatoms. The van der Waals surface area contributed by atoms with Crippen molar-refractivity contribution in [2.24, 2.45) is 0 Å². The summed E-state index contributed by atoms with van der Waals surface area (Å²) in [6.07, 6.45) is 1.80. The van der Waals surface area contributed by atoms with Crippen LogP contribution in [0.3, 0.4) is 0 Å². The molecule has 0 saturated carbocycles. The largest absolute Gasteiger partial charge is 0.488 e. The summed E-state index contributed by atoms with van der Waals surface area (Å²) in [5.74, 6) is 0.412. The first-order valence-corrected chi connectivity index (χ1v) is 9.79. The van der Waals surface area contributed by atoms with Gasteiger partial charge in [0.15, 0.2) is 0 Å². The number of imidazole rings is 1. The van der Waals surface area contributed by atoms with Crippen LogP contribution in [0.4, 0.5) is 0 Å². The Balaban J connectivity index is 1.66. The van der Waals surface area contributed by atoms with Gasteiger partial charge < -0.3 is 9.47 Å². The van der Waals surface area contributed by atoms with E-state index in [1.165, 1.54) is 23.8 Å². The van der Waals surface area contributed by atoms with Crippen LogP contribution < -0.4 is 4.74 Å². The summed E-state index contributed by atoms with van der Waals surface area (Å²) < 4.78 is 13.4. The lowest BCUT2D eigenvalue weighted by atomic mass is 10.1. The predicted molar refractivity (Wildman–Crippen MR) is 110 cm³/mol. The van der Waals surface area contributed by atoms with E-state index in [1.54, 1.807) is 6.33 Å². The number of esters is 1. The molecule has 0 unspecified atom stereocenters. The van der Waals surface area contributed by atoms with Crippen molar-refractivity contribution >= 4 is 28.3 Å². The minimum absolute atomic E-state index is 0.190. The smallest absolute Gasteiger partial charge is 0.302 e. The molecule has 0 spiro atoms. The molecule has 0 saturated heterocycles. The van der Waals surface area contributed by atoms with Gasteiger partial charge in [-0.25, -0.2) is 4.98 Å². The van der Waals surface area contributed by atoms with Crippen LogP contribution in [0.2, 0.25) is 0 Å². The molecular formula is C22H20N2O3S. The van der Waals surface area contributed by atoms with E-state index in [0.29, 0.717) is 6.61 Å². The fourth-order valence-corrected chi connectivity index (χ4v) is 3.97. The Hall–Kier alpha value is -3.12. The number of carbonyl (C=O) groups excluding carboxylic acids is 1. The van der Waals surface area contributed by atoms with Crippen molar-refractivity contribution in [1.29, 1.82) is 0 Å². The van der Waals surface area contributed by atoms with Crippen molar-refractivity contribution in [2.75, 3.05) is 0 Å². The number of para-hydroxylation sites is 2. The Labute approximate surface area is 167 Å². The first kappa shape index (κ1) is 18.3. The molecule has 0 bridgehead atoms. The number of nitrogens with zero attached hydrogens (tertiary/aromatic N) is 2. The zero-order valence-corrected chi connectivity index (χ0v) is 16.5. The Bertz CT molecular complexity index is 1130. The van der Waals surface area contributed by atoms with Gasteiger partial charge in [-0.15, -0.1) is 11.3 Å². The highest BCUT2D eigenvalue weighted by molar-refractivity contribution is 7.14. The summed E-state index contributed by atoms with van der Waals surface area (Å²) >= 11 is 1.53. The third-order valence-electron chi connectivity index (χ3n) is 4.50. The molecule has 2 heterocycles. The number of hydrogen-bond acceptors (Lipinski definition) is 5. The second-order valence-corrected chi connectivity index (χ2v) is 7.59. The minimum Gasteiger partial charge on any atom is -0.488 e. The van der Waals surface area contributed by atoms with Crippen molar-refractivity contribution in [1.82, 2.24) is 9.55 Å². The Kier molecular flexibility index (Phi) is 5.12. The lowest BCUT2D eigenvalue weighted by Gasteiger charge is -2.09. The van der Waals surface area contributed by atoms with E-state index in [1.807, 2.05) is 47.0 Å². The quantitative estimate of drug-likeness (QED) is 0.432. The topological polar surface area (TPSA) is 53.4 Å². The van der Waals surface area contributed by atoms with Crippen molar-refractivity contribution in [3.8, 4) is 10.8 Å². The van der Waals surface area contributed by atoms with Crippen LogP contribution >= 0.6 is 11.3 Å². The third kappa shape index (κ3) is 3.77. The molecule has 0 aliphatic rings. The van der Waals surface area contributed by atoms with Crippen LogP contribution in [0.15, 0.2) is 60.9 Å². The molecule has 4 aromatic rings. The van der Waals surface area contributed by atoms with Gasteiger partial charge >= 0.3 is 5.97 Å². The molecule has 0 atom stereocenters. The van der Waals surface area contributed by atoms with Gasteiger partial charge in [-0.2, -0.15) is 0 Å². The molecule has 0 amide bonds. The van der Waals surface area contributed by atoms with Gasteiger partial charge in [-0.05, 0) is 30.2 Å². The first-order chi connectivity index (χ1) is 13.6. The highest BCUT2D eigenvalue weighted by atomic mass is 32.1. The van der Waals surface area contributed by atoms with Crippen molar-refractivity contribution in [3.63, 3.8) is 0 Å². The number of carbonyl (C=O) groups is 1. The molecule has 142 valence electrons. The third-order valence-corrected chi connectivity index (χ3v) is 5.59. The van der Waals surface area contributed by atoms with E-state index in [-0.39, 0.29) is 12.6 Å². The maximum Gasteiger partial charge on any atom is 0.302 e. The molecule has 0 aliphatic heterocycles. The predicted octanol–water partition coefficient (Wildman–Crippen LogP) is 5.04.